The van der Waals surface area contributed by atoms with E-state index in [9.17, 15) is 84.7 Å². The Morgan fingerprint density at radius 1 is 0.507 bits per heavy atom. The van der Waals surface area contributed by atoms with Gasteiger partial charge in [0.2, 0.25) is 17.6 Å². The number of aromatic hydroxyl groups is 2. The van der Waals surface area contributed by atoms with Gasteiger partial charge in [-0.15, -0.1) is 0 Å². The molecule has 32 heteroatoms. The number of rotatable bonds is 26. The first-order valence-corrected chi connectivity index (χ1v) is 52.1. The zero-order valence-electron chi connectivity index (χ0n) is 79.1. The van der Waals surface area contributed by atoms with Crippen LogP contribution in [0.4, 0.5) is 32.0 Å². The van der Waals surface area contributed by atoms with Crippen molar-refractivity contribution < 1.29 is 118 Å². The van der Waals surface area contributed by atoms with Crippen molar-refractivity contribution in [2.75, 3.05) is 47.4 Å². The Morgan fingerprint density at radius 3 is 1.35 bits per heavy atom. The van der Waals surface area contributed by atoms with Crippen LogP contribution in [0.2, 0.25) is 0 Å². The molecule has 3 saturated heterocycles. The summed E-state index contributed by atoms with van der Waals surface area (Å²) in [6.07, 6.45) is 10.3. The van der Waals surface area contributed by atoms with Crippen LogP contribution in [0.5, 0.6) is 28.7 Å². The summed E-state index contributed by atoms with van der Waals surface area (Å²) in [5.41, 5.74) is 6.76. The molecule has 21 nitrogen and oxygen atoms in total. The van der Waals surface area contributed by atoms with Crippen LogP contribution >= 0.6 is 0 Å². The van der Waals surface area contributed by atoms with E-state index in [2.05, 4.69) is 68.3 Å². The van der Waals surface area contributed by atoms with E-state index < -0.39 is 80.1 Å². The normalized spacial score (nSPS) is 15.6. The van der Waals surface area contributed by atoms with Gasteiger partial charge in [-0.3, -0.25) is 28.9 Å². The topological polar surface area (TPSA) is 324 Å². The molecule has 0 aliphatic carbocycles. The van der Waals surface area contributed by atoms with Crippen LogP contribution in [0, 0.1) is 29.6 Å². The molecule has 9 aromatic rings. The molecule has 0 saturated carbocycles. The highest BCUT2D eigenvalue weighted by atomic mass is 32.2. The third kappa shape index (κ3) is 39.4. The standard InChI is InChI=1S/C15H20O3.C15H22O2.C15H17OS.C13H14F6O6S2.C12H13NO5S.C12H15OS.2C10H14O.10CH4/c1-4-15(2,3)14(16)18-13-9-10-17-12-8-6-5-7-11(12)13;1-6-15(4,5)14(16)17-12(3)13-9-7-11(2)8-10-13;1-16-14-8-9-15(17-10-4-5-11-17)13-7-3-2-6-12(13)14;1-3-8(2)9-4-6-10(7-5-9)25-27(23,24)13(18,19)11(14,15)12(16,17)26(20,21)22;1-7-8(2)12(15)13(11(7)14)9-3-5-10(6-4-9)19(16,17)18;13-12(10-14-8-4-5-9-14)11-6-2-1-3-7-11;2*1-3-8(2)9-4-6-10(11)7-5-9;;;;;;;;;;/h5-8,13H,4,9-10H2,1-3H3;7-10,12H,6H2,1-5H3;2-3,6-9H,4-5,10-11H2,1H3;4-8H,3H2,1-2H3,(H,20,21,22);3-8H,1-2H3,(H,16,17,18);1-3,6-7H,4-5,8-10H2;2*4-8,11H,3H2,1-2H3;10*1H4/q;;+1;;;+1;;;;;;;;;;;;/p-2. The maximum absolute atomic E-state index is 13.6. The molecule has 812 valence electrons. The molecule has 2 N–H and O–H groups in total. The number of imide groups is 1. The molecule has 4 aliphatic rings. The first kappa shape index (κ1) is 142. The number of esters is 2. The number of anilines is 1. The van der Waals surface area contributed by atoms with Crippen molar-refractivity contribution in [1.82, 2.24) is 0 Å². The molecule has 4 aliphatic heterocycles. The molecule has 0 radical (unpaired) electrons. The maximum atomic E-state index is 13.6. The lowest BCUT2D eigenvalue weighted by Gasteiger charge is -2.32. The molecule has 2 amide bonds. The molecule has 0 aromatic heterocycles. The van der Waals surface area contributed by atoms with E-state index in [1.807, 2.05) is 165 Å². The van der Waals surface area contributed by atoms with Crippen molar-refractivity contribution in [3.63, 3.8) is 0 Å². The van der Waals surface area contributed by atoms with Crippen LogP contribution < -0.4 is 18.6 Å². The lowest BCUT2D eigenvalue weighted by Crippen LogP contribution is -2.61. The number of carbonyl (C=O) groups excluding carboxylic acids is 5. The number of amides is 2. The van der Waals surface area contributed by atoms with Crippen molar-refractivity contribution in [1.29, 1.82) is 0 Å². The molecule has 7 atom stereocenters. The van der Waals surface area contributed by atoms with Crippen molar-refractivity contribution >= 4 is 98.1 Å². The van der Waals surface area contributed by atoms with E-state index >= 15 is 0 Å². The number of methoxy groups -OCH3 is 1. The Bertz CT molecular complexity index is 5560. The number of phenolic OH excluding ortho intramolecular Hbond substituents is 2. The molecule has 9 aromatic carbocycles. The van der Waals surface area contributed by atoms with E-state index in [1.165, 1.54) is 100 Å². The van der Waals surface area contributed by atoms with Crippen LogP contribution in [0.15, 0.2) is 222 Å². The second kappa shape index (κ2) is 64.2. The van der Waals surface area contributed by atoms with Gasteiger partial charge in [0.05, 0.1) is 35.1 Å². The number of alkyl halides is 6. The number of fused-ring (bicyclic) bond motifs is 2. The molecule has 144 heavy (non-hydrogen) atoms. The van der Waals surface area contributed by atoms with Crippen LogP contribution in [0.25, 0.3) is 10.8 Å². The fourth-order valence-electron chi connectivity index (χ4n) is 13.3. The molecule has 3 fully saturated rings. The number of carbonyl (C=O) groups is 5. The quantitative estimate of drug-likeness (QED) is 0.00967. The zero-order valence-corrected chi connectivity index (χ0v) is 83.1. The summed E-state index contributed by atoms with van der Waals surface area (Å²) >= 11 is 0. The van der Waals surface area contributed by atoms with Gasteiger partial charge in [0.15, 0.2) is 20.8 Å². The lowest BCUT2D eigenvalue weighted by molar-refractivity contribution is -0.247. The van der Waals surface area contributed by atoms with Crippen molar-refractivity contribution in [2.45, 2.75) is 305 Å². The maximum Gasteiger partial charge on any atom is 0.450 e. The van der Waals surface area contributed by atoms with Gasteiger partial charge in [0.1, 0.15) is 74.1 Å². The predicted molar refractivity (Wildman–Crippen MR) is 582 cm³/mol. The number of ketones is 1. The second-order valence-electron chi connectivity index (χ2n) is 34.4. The highest BCUT2D eigenvalue weighted by Crippen LogP contribution is 2.51. The summed E-state index contributed by atoms with van der Waals surface area (Å²) in [5.74, 6) is 0.340. The number of nitrogens with zero attached hydrogens (tertiary/aromatic N) is 1. The molecule has 13 rings (SSSR count). The summed E-state index contributed by atoms with van der Waals surface area (Å²) in [6.45, 7) is 31.8. The first-order chi connectivity index (χ1) is 62.8. The summed E-state index contributed by atoms with van der Waals surface area (Å²) in [6, 6.07) is 62.2. The van der Waals surface area contributed by atoms with E-state index in [0.29, 0.717) is 69.5 Å². The van der Waals surface area contributed by atoms with Crippen LogP contribution in [0.1, 0.15) is 316 Å². The summed E-state index contributed by atoms with van der Waals surface area (Å²) in [4.78, 5) is 61.9. The number of phenols is 2. The minimum absolute atomic E-state index is 0. The summed E-state index contributed by atoms with van der Waals surface area (Å²) in [7, 11) is -16.1. The Hall–Kier alpha value is -9.96. The van der Waals surface area contributed by atoms with E-state index in [0.717, 1.165) is 95.2 Å². The van der Waals surface area contributed by atoms with Gasteiger partial charge in [-0.1, -0.05) is 276 Å². The Balaban J connectivity index is -0.000000512. The van der Waals surface area contributed by atoms with Gasteiger partial charge in [0, 0.05) is 51.1 Å². The van der Waals surface area contributed by atoms with E-state index in [1.54, 1.807) is 57.0 Å². The second-order valence-corrected chi connectivity index (χ2v) is 43.4. The van der Waals surface area contributed by atoms with Gasteiger partial charge in [-0.2, -0.15) is 34.8 Å². The smallest absolute Gasteiger partial charge is 0.450 e. The van der Waals surface area contributed by atoms with Gasteiger partial charge < -0.3 is 42.4 Å². The average Bonchev–Trinajstić information content (AvgIpc) is 0.922. The Labute approximate surface area is 865 Å². The first-order valence-electron chi connectivity index (χ1n) is 44.6. The third-order valence-electron chi connectivity index (χ3n) is 23.9. The van der Waals surface area contributed by atoms with Gasteiger partial charge in [-0.05, 0) is 235 Å². The molecular weight excluding hydrogens is 1950 g/mol. The van der Waals surface area contributed by atoms with Crippen molar-refractivity contribution in [2.24, 2.45) is 22.7 Å². The van der Waals surface area contributed by atoms with Crippen LogP contribution in [0.3, 0.4) is 0 Å². The molecule has 0 spiro atoms. The molecule has 7 unspecified atom stereocenters. The molecular formula is C112H167F6NO20S5. The highest BCUT2D eigenvalue weighted by Gasteiger charge is 2.81. The lowest BCUT2D eigenvalue weighted by atomic mass is 9.90. The minimum Gasteiger partial charge on any atom is -0.744 e. The minimum atomic E-state index is -7.33. The fourth-order valence-corrected chi connectivity index (χ4v) is 20.0. The number of hydrogen-bond acceptors (Lipinski definition) is 20. The Morgan fingerprint density at radius 2 is 0.917 bits per heavy atom. The van der Waals surface area contributed by atoms with Crippen LogP contribution in [-0.2, 0) is 80.8 Å². The van der Waals surface area contributed by atoms with Gasteiger partial charge in [0.25, 0.3) is 0 Å². The summed E-state index contributed by atoms with van der Waals surface area (Å²) < 4.78 is 192. The molecule has 4 heterocycles. The van der Waals surface area contributed by atoms with Gasteiger partial charge in [-0.25, -0.2) is 16.8 Å². The fraction of sp³-hybridized carbons (Fsp3) is 0.491. The van der Waals surface area contributed by atoms with Crippen LogP contribution in [-0.4, -0.2) is 133 Å². The molecule has 0 bridgehead atoms. The largest absolute Gasteiger partial charge is 0.744 e. The zero-order chi connectivity index (χ0) is 100. The number of hydrogen-bond donors (Lipinski definition) is 2. The van der Waals surface area contributed by atoms with E-state index in [-0.39, 0.29) is 122 Å². The third-order valence-corrected chi connectivity index (χ3v) is 31.9. The highest BCUT2D eigenvalue weighted by molar-refractivity contribution is 7.97. The van der Waals surface area contributed by atoms with E-state index in [4.69, 9.17) is 29.2 Å². The monoisotopic (exact) mass is 2120 g/mol. The Kier molecular flexibility index (Phi) is 63.5. The number of Topliss-reactive ketones (excluding diaryl/α,β-unsaturated/α-hetero) is 1. The predicted octanol–water partition coefficient (Wildman–Crippen LogP) is 29.6. The number of para-hydroxylation sites is 1. The SMILES string of the molecule is C.C.C.C.C.C.C.C.C.C.CC1C(=O)N(c2ccc(S(=O)(=O)[O-])cc2)C(=O)C1C.CCC(C)(C)C(=O)OC(C)c1ccc(C)cc1.CCC(C)(C)C(=O)OC1CCOc2ccccc21.CCC(C)c1ccc(O)cc1.CCC(C)c1ccc(O)cc1.CCC(C)c1ccc(OS(=O)(=O)C(F)(F)C(F)(F)C(F)(F)S(=O)(=O)[O-])cc1.COc1ccc([S+]2CCCC2)c2ccccc12.O=C(C[S+]1CCCC1)c1ccccc1. The summed E-state index contributed by atoms with van der Waals surface area (Å²) in [5, 5.41) is 7.01. The number of benzene rings is 9. The number of ether oxygens (including phenoxy) is 4. The number of aryl methyl sites for hydroxylation is 1. The van der Waals surface area contributed by atoms with Crippen molar-refractivity contribution in [3.05, 3.63) is 251 Å². The average molecular weight is 2120 g/mol. The number of halogens is 6. The van der Waals surface area contributed by atoms with Gasteiger partial charge >= 0.3 is 38.5 Å². The van der Waals surface area contributed by atoms with Crippen molar-refractivity contribution in [3.8, 4) is 28.7 Å².